The van der Waals surface area contributed by atoms with Crippen molar-refractivity contribution in [1.82, 2.24) is 0 Å². The Bertz CT molecular complexity index is 1080. The minimum Gasteiger partial charge on any atom is -0.494 e. The second kappa shape index (κ2) is 8.80. The van der Waals surface area contributed by atoms with Gasteiger partial charge in [-0.05, 0) is 35.7 Å². The maximum absolute atomic E-state index is 15.3. The number of sulfonamides is 1. The Morgan fingerprint density at radius 2 is 1.97 bits per heavy atom. The molecule has 0 fully saturated rings. The fourth-order valence-corrected chi connectivity index (χ4v) is 3.63. The van der Waals surface area contributed by atoms with Crippen LogP contribution in [0.5, 0.6) is 5.75 Å². The highest BCUT2D eigenvalue weighted by Gasteiger charge is 2.33. The zero-order chi connectivity index (χ0) is 21.9. The lowest BCUT2D eigenvalue weighted by molar-refractivity contribution is -0.135. The zero-order valence-electron chi connectivity index (χ0n) is 16.4. The summed E-state index contributed by atoms with van der Waals surface area (Å²) >= 11 is 0. The molecule has 160 valence electrons. The summed E-state index contributed by atoms with van der Waals surface area (Å²) in [4.78, 5) is 16.9. The van der Waals surface area contributed by atoms with Gasteiger partial charge in [0.15, 0.2) is 11.6 Å². The first-order valence-electron chi connectivity index (χ1n) is 9.16. The average Bonchev–Trinajstić information content (AvgIpc) is 3.15. The molecule has 10 heteroatoms. The second-order valence-electron chi connectivity index (χ2n) is 6.62. The summed E-state index contributed by atoms with van der Waals surface area (Å²) in [6.07, 6.45) is 0.820. The molecule has 0 radical (unpaired) electrons. The largest absolute Gasteiger partial charge is 0.494 e. The zero-order valence-corrected chi connectivity index (χ0v) is 17.2. The van der Waals surface area contributed by atoms with E-state index < -0.39 is 27.7 Å². The molecule has 2 N–H and O–H groups in total. The van der Waals surface area contributed by atoms with Crippen molar-refractivity contribution in [3.8, 4) is 16.9 Å². The fourth-order valence-electron chi connectivity index (χ4n) is 3.12. The molecular weight excluding hydrogens is 415 g/mol. The van der Waals surface area contributed by atoms with Gasteiger partial charge < -0.3 is 14.3 Å². The number of nitrogens with zero attached hydrogens (tertiary/aromatic N) is 1. The molecule has 8 nitrogen and oxygen atoms in total. The predicted molar refractivity (Wildman–Crippen MR) is 107 cm³/mol. The highest BCUT2D eigenvalue weighted by atomic mass is 32.2. The van der Waals surface area contributed by atoms with Gasteiger partial charge in [-0.1, -0.05) is 30.3 Å². The number of esters is 1. The molecule has 1 heterocycles. The summed E-state index contributed by atoms with van der Waals surface area (Å²) in [6, 6.07) is 8.54. The normalized spacial score (nSPS) is 16.0. The Morgan fingerprint density at radius 1 is 1.27 bits per heavy atom. The van der Waals surface area contributed by atoms with Crippen LogP contribution in [-0.2, 0) is 24.4 Å². The molecule has 2 aromatic carbocycles. The van der Waals surface area contributed by atoms with E-state index in [4.69, 9.17) is 19.5 Å². The number of carbonyl (C=O) groups excluding carboxylic acids is 1. The van der Waals surface area contributed by atoms with Crippen molar-refractivity contribution >= 4 is 21.9 Å². The molecule has 2 aromatic rings. The summed E-state index contributed by atoms with van der Waals surface area (Å²) in [6.45, 7) is 1.90. The monoisotopic (exact) mass is 436 g/mol. The molecule has 0 amide bonds. The van der Waals surface area contributed by atoms with Crippen molar-refractivity contribution in [2.45, 2.75) is 30.6 Å². The number of benzene rings is 2. The Morgan fingerprint density at radius 3 is 2.57 bits per heavy atom. The molecule has 0 aliphatic carbocycles. The Kier molecular flexibility index (Phi) is 6.37. The van der Waals surface area contributed by atoms with Crippen molar-refractivity contribution in [2.75, 3.05) is 13.7 Å². The number of primary sulfonamides is 1. The van der Waals surface area contributed by atoms with Gasteiger partial charge in [-0.25, -0.2) is 17.9 Å². The van der Waals surface area contributed by atoms with E-state index in [-0.39, 0.29) is 35.1 Å². The van der Waals surface area contributed by atoms with Crippen LogP contribution < -0.4 is 9.88 Å². The second-order valence-corrected chi connectivity index (χ2v) is 8.18. The third-order valence-corrected chi connectivity index (χ3v) is 5.50. The van der Waals surface area contributed by atoms with E-state index in [1.165, 1.54) is 37.4 Å². The van der Waals surface area contributed by atoms with E-state index in [1.54, 1.807) is 6.07 Å². The van der Waals surface area contributed by atoms with Crippen molar-refractivity contribution in [2.24, 2.45) is 10.3 Å². The first-order chi connectivity index (χ1) is 14.3. The maximum Gasteiger partial charge on any atom is 0.312 e. The number of rotatable bonds is 6. The number of halogens is 1. The summed E-state index contributed by atoms with van der Waals surface area (Å²) in [5.74, 6) is -1.69. The van der Waals surface area contributed by atoms with Gasteiger partial charge in [-0.3, -0.25) is 4.79 Å². The van der Waals surface area contributed by atoms with Gasteiger partial charge in [0, 0.05) is 12.0 Å². The van der Waals surface area contributed by atoms with Crippen LogP contribution in [0, 0.1) is 5.82 Å². The molecule has 1 unspecified atom stereocenters. The number of oxime groups is 1. The standard InChI is InChI=1S/C20H21FN2O6S/c1-3-4-17(24)29-20-15(11-28-23-20)14-9-10-16(27-2)19(21)18(14)12-5-7-13(8-6-12)30(22,25)26/h5-10,15H,3-4,11H2,1-2H3,(H2,22,25,26). The fraction of sp³-hybridized carbons (Fsp3) is 0.300. The maximum atomic E-state index is 15.3. The number of carbonyl (C=O) groups is 1. The molecule has 1 aliphatic rings. The quantitative estimate of drug-likeness (QED) is 0.696. The molecule has 3 rings (SSSR count). The van der Waals surface area contributed by atoms with E-state index in [2.05, 4.69) is 5.16 Å². The Balaban J connectivity index is 2.07. The minimum absolute atomic E-state index is 0.00431. The number of hydrogen-bond donors (Lipinski definition) is 1. The van der Waals surface area contributed by atoms with Crippen LogP contribution in [0.2, 0.25) is 0 Å². The van der Waals surface area contributed by atoms with Crippen LogP contribution in [-0.4, -0.2) is 34.0 Å². The van der Waals surface area contributed by atoms with Crippen molar-refractivity contribution in [3.63, 3.8) is 0 Å². The molecule has 1 aliphatic heterocycles. The summed E-state index contributed by atoms with van der Waals surface area (Å²) in [5, 5.41) is 8.93. The van der Waals surface area contributed by atoms with Crippen LogP contribution >= 0.6 is 0 Å². The molecule has 30 heavy (non-hydrogen) atoms. The number of nitrogens with two attached hydrogens (primary N) is 1. The molecular formula is C20H21FN2O6S. The number of hydrogen-bond acceptors (Lipinski definition) is 7. The topological polar surface area (TPSA) is 117 Å². The first kappa shape index (κ1) is 21.7. The smallest absolute Gasteiger partial charge is 0.312 e. The lowest BCUT2D eigenvalue weighted by atomic mass is 9.90. The summed E-state index contributed by atoms with van der Waals surface area (Å²) in [7, 11) is -2.56. The van der Waals surface area contributed by atoms with Crippen LogP contribution in [0.3, 0.4) is 0 Å². The van der Waals surface area contributed by atoms with Crippen LogP contribution in [0.25, 0.3) is 11.1 Å². The number of ether oxygens (including phenoxy) is 2. The van der Waals surface area contributed by atoms with Crippen molar-refractivity contribution in [3.05, 3.63) is 47.8 Å². The van der Waals surface area contributed by atoms with Gasteiger partial charge in [0.05, 0.1) is 12.0 Å². The lowest BCUT2D eigenvalue weighted by Crippen LogP contribution is -2.19. The van der Waals surface area contributed by atoms with E-state index in [1.807, 2.05) is 6.92 Å². The van der Waals surface area contributed by atoms with Crippen LogP contribution in [0.4, 0.5) is 4.39 Å². The molecule has 1 atom stereocenters. The first-order valence-corrected chi connectivity index (χ1v) is 10.7. The average molecular weight is 436 g/mol. The van der Waals surface area contributed by atoms with Crippen molar-refractivity contribution in [1.29, 1.82) is 0 Å². The highest BCUT2D eigenvalue weighted by molar-refractivity contribution is 7.89. The van der Waals surface area contributed by atoms with E-state index in [9.17, 15) is 13.2 Å². The van der Waals surface area contributed by atoms with Gasteiger partial charge in [0.1, 0.15) is 12.5 Å². The minimum atomic E-state index is -3.89. The molecule has 0 saturated heterocycles. The van der Waals surface area contributed by atoms with Gasteiger partial charge >= 0.3 is 5.97 Å². The summed E-state index contributed by atoms with van der Waals surface area (Å²) < 4.78 is 48.7. The van der Waals surface area contributed by atoms with Gasteiger partial charge in [0.2, 0.25) is 15.9 Å². The molecule has 0 saturated carbocycles. The van der Waals surface area contributed by atoms with Gasteiger partial charge in [-0.2, -0.15) is 0 Å². The van der Waals surface area contributed by atoms with Crippen LogP contribution in [0.15, 0.2) is 46.4 Å². The highest BCUT2D eigenvalue weighted by Crippen LogP contribution is 2.38. The number of methoxy groups -OCH3 is 1. The van der Waals surface area contributed by atoms with E-state index in [0.717, 1.165) is 0 Å². The van der Waals surface area contributed by atoms with Crippen molar-refractivity contribution < 1.29 is 31.9 Å². The lowest BCUT2D eigenvalue weighted by Gasteiger charge is -2.18. The molecule has 0 aromatic heterocycles. The Labute approximate surface area is 173 Å². The SMILES string of the molecule is CCCC(=O)OC1=NOCC1c1ccc(OC)c(F)c1-c1ccc(S(N)(=O)=O)cc1. The van der Waals surface area contributed by atoms with Gasteiger partial charge in [0.25, 0.3) is 0 Å². The molecule has 0 bridgehead atoms. The third kappa shape index (κ3) is 4.44. The molecule has 0 spiro atoms. The Hall–Kier alpha value is -2.98. The van der Waals surface area contributed by atoms with Gasteiger partial charge in [-0.15, -0.1) is 0 Å². The predicted octanol–water partition coefficient (Wildman–Crippen LogP) is 2.92. The van der Waals surface area contributed by atoms with E-state index >= 15 is 4.39 Å². The van der Waals surface area contributed by atoms with E-state index in [0.29, 0.717) is 17.5 Å². The summed E-state index contributed by atoms with van der Waals surface area (Å²) in [5.41, 5.74) is 1.00. The third-order valence-electron chi connectivity index (χ3n) is 4.57. The van der Waals surface area contributed by atoms with Crippen LogP contribution in [0.1, 0.15) is 31.2 Å².